The molecule has 0 unspecified atom stereocenters. The van der Waals surface area contributed by atoms with Gasteiger partial charge in [0, 0.05) is 18.7 Å². The van der Waals surface area contributed by atoms with Gasteiger partial charge in [-0.05, 0) is 55.0 Å². The van der Waals surface area contributed by atoms with Crippen LogP contribution in [0.15, 0.2) is 71.6 Å². The molecule has 0 aliphatic carbocycles. The van der Waals surface area contributed by atoms with E-state index in [2.05, 4.69) is 4.72 Å². The van der Waals surface area contributed by atoms with Gasteiger partial charge >= 0.3 is 5.97 Å². The van der Waals surface area contributed by atoms with E-state index in [-0.39, 0.29) is 28.7 Å². The zero-order chi connectivity index (χ0) is 25.7. The summed E-state index contributed by atoms with van der Waals surface area (Å²) in [7, 11) is -3.99. The first-order chi connectivity index (χ1) is 17.2. The molecule has 10 heteroatoms. The normalized spacial score (nSPS) is 13.8. The molecule has 3 aromatic carbocycles. The highest BCUT2D eigenvalue weighted by Crippen LogP contribution is 2.33. The van der Waals surface area contributed by atoms with E-state index in [0.29, 0.717) is 43.2 Å². The van der Waals surface area contributed by atoms with Crippen molar-refractivity contribution in [2.75, 3.05) is 31.0 Å². The molecular formula is C26H26N2O7S. The summed E-state index contributed by atoms with van der Waals surface area (Å²) in [5.41, 5.74) is 1.82. The number of nitrogens with zero attached hydrogens (tertiary/aromatic N) is 1. The average Bonchev–Trinajstić information content (AvgIpc) is 2.85. The van der Waals surface area contributed by atoms with Crippen LogP contribution in [0.25, 0.3) is 0 Å². The van der Waals surface area contributed by atoms with Gasteiger partial charge in [-0.15, -0.1) is 0 Å². The molecule has 9 nitrogen and oxygen atoms in total. The minimum Gasteiger partial charge on any atom is -0.481 e. The number of carbonyl (C=O) groups is 2. The van der Waals surface area contributed by atoms with E-state index in [4.69, 9.17) is 14.6 Å². The number of carboxylic acid groups (broad SMARTS) is 1. The molecule has 1 fully saturated rings. The molecule has 0 saturated carbocycles. The van der Waals surface area contributed by atoms with Crippen LogP contribution >= 0.6 is 0 Å². The maximum atomic E-state index is 13.1. The molecule has 4 rings (SSSR count). The highest BCUT2D eigenvalue weighted by atomic mass is 32.2. The first kappa shape index (κ1) is 25.2. The van der Waals surface area contributed by atoms with E-state index >= 15 is 0 Å². The molecule has 3 aromatic rings. The van der Waals surface area contributed by atoms with E-state index in [1.54, 1.807) is 47.4 Å². The van der Waals surface area contributed by atoms with Crippen LogP contribution in [0.5, 0.6) is 11.5 Å². The van der Waals surface area contributed by atoms with Crippen LogP contribution in [0.3, 0.4) is 0 Å². The lowest BCUT2D eigenvalue weighted by Gasteiger charge is -2.27. The fraction of sp³-hybridized carbons (Fsp3) is 0.231. The molecule has 0 spiro atoms. The Kier molecular flexibility index (Phi) is 7.56. The highest BCUT2D eigenvalue weighted by molar-refractivity contribution is 7.92. The van der Waals surface area contributed by atoms with Gasteiger partial charge in [-0.2, -0.15) is 0 Å². The number of ether oxygens (including phenoxy) is 2. The molecule has 0 atom stereocenters. The third-order valence-corrected chi connectivity index (χ3v) is 6.96. The molecular weight excluding hydrogens is 484 g/mol. The maximum absolute atomic E-state index is 13.1. The minimum atomic E-state index is -3.99. The van der Waals surface area contributed by atoms with Gasteiger partial charge in [0.05, 0.1) is 30.2 Å². The molecule has 2 N–H and O–H groups in total. The zero-order valence-corrected chi connectivity index (χ0v) is 20.5. The van der Waals surface area contributed by atoms with E-state index in [0.717, 1.165) is 5.56 Å². The van der Waals surface area contributed by atoms with Crippen LogP contribution in [0.2, 0.25) is 0 Å². The summed E-state index contributed by atoms with van der Waals surface area (Å²) >= 11 is 0. The maximum Gasteiger partial charge on any atom is 0.307 e. The van der Waals surface area contributed by atoms with Crippen molar-refractivity contribution in [2.24, 2.45) is 0 Å². The number of carbonyl (C=O) groups excluding carboxylic acids is 1. The fourth-order valence-corrected chi connectivity index (χ4v) is 4.78. The molecule has 1 aliphatic heterocycles. The summed E-state index contributed by atoms with van der Waals surface area (Å²) in [6.07, 6.45) is -0.183. The fourth-order valence-electron chi connectivity index (χ4n) is 3.72. The Hall–Kier alpha value is -3.89. The van der Waals surface area contributed by atoms with Gasteiger partial charge < -0.3 is 19.5 Å². The predicted octanol–water partition coefficient (Wildman–Crippen LogP) is 3.69. The van der Waals surface area contributed by atoms with Gasteiger partial charge in [0.2, 0.25) is 0 Å². The first-order valence-electron chi connectivity index (χ1n) is 11.3. The largest absolute Gasteiger partial charge is 0.481 e. The van der Waals surface area contributed by atoms with Crippen molar-refractivity contribution < 1.29 is 32.6 Å². The number of benzene rings is 3. The summed E-state index contributed by atoms with van der Waals surface area (Å²) in [6.45, 7) is 3.61. The standard InChI is InChI=1S/C26H26N2O7S/c1-18-5-8-22(9-6-18)36(32,33)27-23-17-20(26(31)28-11-13-34-14-12-28)7-10-24(23)35-21-4-2-3-19(15-21)16-25(29)30/h2-10,15,17,27H,11-14,16H2,1H3,(H,29,30). The van der Waals surface area contributed by atoms with Gasteiger partial charge in [-0.25, -0.2) is 8.42 Å². The number of amides is 1. The molecule has 1 saturated heterocycles. The number of nitrogens with one attached hydrogen (secondary N) is 1. The van der Waals surface area contributed by atoms with Gasteiger partial charge in [0.1, 0.15) is 5.75 Å². The van der Waals surface area contributed by atoms with E-state index in [1.165, 1.54) is 24.3 Å². The quantitative estimate of drug-likeness (QED) is 0.474. The van der Waals surface area contributed by atoms with Crippen LogP contribution in [-0.4, -0.2) is 56.6 Å². The summed E-state index contributed by atoms with van der Waals surface area (Å²) in [6, 6.07) is 17.4. The number of rotatable bonds is 8. The second-order valence-corrected chi connectivity index (χ2v) is 10.0. The highest BCUT2D eigenvalue weighted by Gasteiger charge is 2.22. The van der Waals surface area contributed by atoms with Crippen molar-refractivity contribution in [3.8, 4) is 11.5 Å². The van der Waals surface area contributed by atoms with Crippen molar-refractivity contribution in [3.63, 3.8) is 0 Å². The molecule has 0 aromatic heterocycles. The van der Waals surface area contributed by atoms with E-state index in [1.807, 2.05) is 6.92 Å². The lowest BCUT2D eigenvalue weighted by Crippen LogP contribution is -2.40. The Bertz CT molecular complexity index is 1370. The van der Waals surface area contributed by atoms with Crippen LogP contribution in [0, 0.1) is 6.92 Å². The van der Waals surface area contributed by atoms with Gasteiger partial charge in [-0.1, -0.05) is 29.8 Å². The molecule has 0 radical (unpaired) electrons. The van der Waals surface area contributed by atoms with Crippen LogP contribution in [0.4, 0.5) is 5.69 Å². The third-order valence-electron chi connectivity index (χ3n) is 5.58. The summed E-state index contributed by atoms with van der Waals surface area (Å²) in [4.78, 5) is 25.8. The molecule has 188 valence electrons. The zero-order valence-electron chi connectivity index (χ0n) is 19.6. The minimum absolute atomic E-state index is 0.0624. The second-order valence-electron chi connectivity index (χ2n) is 8.35. The molecule has 0 bridgehead atoms. The Labute approximate surface area is 209 Å². The monoisotopic (exact) mass is 510 g/mol. The smallest absolute Gasteiger partial charge is 0.307 e. The Morgan fingerprint density at radius 3 is 2.44 bits per heavy atom. The molecule has 1 heterocycles. The van der Waals surface area contributed by atoms with Crippen molar-refractivity contribution in [3.05, 3.63) is 83.4 Å². The van der Waals surface area contributed by atoms with Gasteiger partial charge in [-0.3, -0.25) is 14.3 Å². The number of morpholine rings is 1. The lowest BCUT2D eigenvalue weighted by atomic mass is 10.1. The van der Waals surface area contributed by atoms with Crippen molar-refractivity contribution in [1.82, 2.24) is 4.90 Å². The number of hydrogen-bond acceptors (Lipinski definition) is 6. The van der Waals surface area contributed by atoms with Crippen molar-refractivity contribution in [2.45, 2.75) is 18.2 Å². The first-order valence-corrected chi connectivity index (χ1v) is 12.8. The lowest BCUT2D eigenvalue weighted by molar-refractivity contribution is -0.136. The topological polar surface area (TPSA) is 122 Å². The third kappa shape index (κ3) is 6.21. The molecule has 1 aliphatic rings. The average molecular weight is 511 g/mol. The summed E-state index contributed by atoms with van der Waals surface area (Å²) in [5, 5.41) is 9.07. The number of aliphatic carboxylic acids is 1. The number of sulfonamides is 1. The van der Waals surface area contributed by atoms with E-state index in [9.17, 15) is 18.0 Å². The Balaban J connectivity index is 1.68. The summed E-state index contributed by atoms with van der Waals surface area (Å²) < 4.78 is 40.1. The number of anilines is 1. The second kappa shape index (κ2) is 10.8. The Morgan fingerprint density at radius 2 is 1.75 bits per heavy atom. The van der Waals surface area contributed by atoms with Gasteiger partial charge in [0.25, 0.3) is 15.9 Å². The number of carboxylic acids is 1. The van der Waals surface area contributed by atoms with Crippen LogP contribution in [0.1, 0.15) is 21.5 Å². The number of hydrogen-bond donors (Lipinski definition) is 2. The Morgan fingerprint density at radius 1 is 1.03 bits per heavy atom. The van der Waals surface area contributed by atoms with Crippen molar-refractivity contribution in [1.29, 1.82) is 0 Å². The molecule has 36 heavy (non-hydrogen) atoms. The van der Waals surface area contributed by atoms with E-state index < -0.39 is 16.0 Å². The SMILES string of the molecule is Cc1ccc(S(=O)(=O)Nc2cc(C(=O)N3CCOCC3)ccc2Oc2cccc(CC(=O)O)c2)cc1. The van der Waals surface area contributed by atoms with Gasteiger partial charge in [0.15, 0.2) is 5.75 Å². The predicted molar refractivity (Wildman–Crippen MR) is 133 cm³/mol. The van der Waals surface area contributed by atoms with Crippen molar-refractivity contribution >= 4 is 27.6 Å². The number of aryl methyl sites for hydroxylation is 1. The van der Waals surface area contributed by atoms with Crippen LogP contribution < -0.4 is 9.46 Å². The molecule has 1 amide bonds. The van der Waals surface area contributed by atoms with Crippen LogP contribution in [-0.2, 0) is 26.0 Å². The summed E-state index contributed by atoms with van der Waals surface area (Å²) in [5.74, 6) is -0.734.